The molecule has 0 radical (unpaired) electrons. The second kappa shape index (κ2) is 5.37. The average Bonchev–Trinajstić information content (AvgIpc) is 2.83. The van der Waals surface area contributed by atoms with E-state index in [-0.39, 0.29) is 12.3 Å². The van der Waals surface area contributed by atoms with Crippen molar-refractivity contribution in [1.82, 2.24) is 5.32 Å². The lowest BCUT2D eigenvalue weighted by atomic mass is 9.92. The molecule has 0 atom stereocenters. The summed E-state index contributed by atoms with van der Waals surface area (Å²) in [4.78, 5) is 24.4. The fourth-order valence-corrected chi connectivity index (χ4v) is 2.78. The van der Waals surface area contributed by atoms with Crippen LogP contribution in [0, 0.1) is 0 Å². The molecule has 0 saturated carbocycles. The van der Waals surface area contributed by atoms with E-state index in [1.165, 1.54) is 0 Å². The third kappa shape index (κ3) is 2.85. The summed E-state index contributed by atoms with van der Waals surface area (Å²) in [6.07, 6.45) is 1.47. The molecule has 0 bridgehead atoms. The number of anilines is 1. The fourth-order valence-electron chi connectivity index (χ4n) is 2.78. The minimum Gasteiger partial charge on any atom is -0.484 e. The molecule has 6 nitrogen and oxygen atoms in total. The lowest BCUT2D eigenvalue weighted by Crippen LogP contribution is -2.64. The van der Waals surface area contributed by atoms with Crippen LogP contribution in [0.5, 0.6) is 5.75 Å². The molecule has 0 unspecified atom stereocenters. The van der Waals surface area contributed by atoms with E-state index in [4.69, 9.17) is 9.84 Å². The van der Waals surface area contributed by atoms with E-state index in [1.54, 1.807) is 17.0 Å². The zero-order valence-electron chi connectivity index (χ0n) is 11.7. The van der Waals surface area contributed by atoms with Gasteiger partial charge in [0.05, 0.1) is 6.42 Å². The molecule has 0 aliphatic carbocycles. The number of nitrogens with zero attached hydrogens (tertiary/aromatic N) is 1. The predicted octanol–water partition coefficient (Wildman–Crippen LogP) is 1.01. The number of hydrogen-bond donors (Lipinski definition) is 2. The average molecular weight is 290 g/mol. The van der Waals surface area contributed by atoms with Gasteiger partial charge in [-0.05, 0) is 30.7 Å². The molecule has 1 aromatic carbocycles. The minimum atomic E-state index is -0.865. The van der Waals surface area contributed by atoms with Crippen molar-refractivity contribution in [2.45, 2.75) is 24.9 Å². The summed E-state index contributed by atoms with van der Waals surface area (Å²) in [6, 6.07) is 7.28. The Balaban J connectivity index is 1.69. The highest BCUT2D eigenvalue weighted by atomic mass is 16.5. The summed E-state index contributed by atoms with van der Waals surface area (Å²) in [5.74, 6) is -0.0851. The molecule has 6 heteroatoms. The predicted molar refractivity (Wildman–Crippen MR) is 76.5 cm³/mol. The van der Waals surface area contributed by atoms with Gasteiger partial charge in [-0.1, -0.05) is 0 Å². The van der Waals surface area contributed by atoms with E-state index in [0.29, 0.717) is 25.3 Å². The second-order valence-electron chi connectivity index (χ2n) is 5.60. The van der Waals surface area contributed by atoms with Gasteiger partial charge in [-0.3, -0.25) is 9.59 Å². The number of rotatable bonds is 5. The Labute approximate surface area is 122 Å². The summed E-state index contributed by atoms with van der Waals surface area (Å²) in [5.41, 5.74) is 0.209. The van der Waals surface area contributed by atoms with Crippen LogP contribution in [0.2, 0.25) is 0 Å². The van der Waals surface area contributed by atoms with E-state index >= 15 is 0 Å². The van der Waals surface area contributed by atoms with Gasteiger partial charge >= 0.3 is 5.97 Å². The van der Waals surface area contributed by atoms with Crippen LogP contribution in [-0.4, -0.2) is 42.2 Å². The van der Waals surface area contributed by atoms with Crippen molar-refractivity contribution >= 4 is 17.6 Å². The SMILES string of the molecule is O=C(O)CC1(Oc2ccc(N3CCCC3=O)cc2)CNC1. The maximum atomic E-state index is 11.7. The number of carbonyl (C=O) groups excluding carboxylic acids is 1. The van der Waals surface area contributed by atoms with Crippen LogP contribution in [0.3, 0.4) is 0 Å². The van der Waals surface area contributed by atoms with Gasteiger partial charge in [0, 0.05) is 31.7 Å². The maximum absolute atomic E-state index is 11.7. The first-order valence-electron chi connectivity index (χ1n) is 7.10. The molecule has 2 N–H and O–H groups in total. The van der Waals surface area contributed by atoms with Crippen molar-refractivity contribution in [2.24, 2.45) is 0 Å². The van der Waals surface area contributed by atoms with E-state index in [0.717, 1.165) is 18.7 Å². The molecule has 112 valence electrons. The van der Waals surface area contributed by atoms with Crippen LogP contribution in [0.15, 0.2) is 24.3 Å². The van der Waals surface area contributed by atoms with Crippen molar-refractivity contribution in [3.8, 4) is 5.75 Å². The number of carboxylic acid groups (broad SMARTS) is 1. The normalized spacial score (nSPS) is 20.2. The molecule has 2 saturated heterocycles. The van der Waals surface area contributed by atoms with Crippen LogP contribution >= 0.6 is 0 Å². The molecule has 2 aliphatic rings. The van der Waals surface area contributed by atoms with Gasteiger partial charge in [0.1, 0.15) is 11.4 Å². The van der Waals surface area contributed by atoms with Crippen LogP contribution in [0.1, 0.15) is 19.3 Å². The molecular formula is C15H18N2O4. The van der Waals surface area contributed by atoms with E-state index in [2.05, 4.69) is 5.32 Å². The van der Waals surface area contributed by atoms with E-state index in [1.807, 2.05) is 12.1 Å². The third-order valence-corrected chi connectivity index (χ3v) is 3.92. The first kappa shape index (κ1) is 13.9. The van der Waals surface area contributed by atoms with E-state index < -0.39 is 11.6 Å². The number of ether oxygens (including phenoxy) is 1. The highest BCUT2D eigenvalue weighted by Crippen LogP contribution is 2.28. The number of carboxylic acids is 1. The molecule has 3 rings (SSSR count). The second-order valence-corrected chi connectivity index (χ2v) is 5.60. The van der Waals surface area contributed by atoms with Crippen molar-refractivity contribution in [2.75, 3.05) is 24.5 Å². The van der Waals surface area contributed by atoms with Gasteiger partial charge < -0.3 is 20.1 Å². The first-order valence-corrected chi connectivity index (χ1v) is 7.10. The molecule has 2 heterocycles. The van der Waals surface area contributed by atoms with Gasteiger partial charge in [0.25, 0.3) is 0 Å². The topological polar surface area (TPSA) is 78.9 Å². The van der Waals surface area contributed by atoms with Gasteiger partial charge in [-0.2, -0.15) is 0 Å². The van der Waals surface area contributed by atoms with Gasteiger partial charge in [-0.15, -0.1) is 0 Å². The summed E-state index contributed by atoms with van der Waals surface area (Å²) in [5, 5.41) is 12.0. The molecule has 0 spiro atoms. The van der Waals surface area contributed by atoms with Crippen molar-refractivity contribution in [3.63, 3.8) is 0 Å². The Morgan fingerprint density at radius 1 is 1.33 bits per heavy atom. The Hall–Kier alpha value is -2.08. The monoisotopic (exact) mass is 290 g/mol. The number of benzene rings is 1. The highest BCUT2D eigenvalue weighted by Gasteiger charge is 2.41. The molecule has 1 aromatic rings. The summed E-state index contributed by atoms with van der Waals surface area (Å²) >= 11 is 0. The van der Waals surface area contributed by atoms with Crippen molar-refractivity contribution in [1.29, 1.82) is 0 Å². The van der Waals surface area contributed by atoms with Crippen molar-refractivity contribution < 1.29 is 19.4 Å². The van der Waals surface area contributed by atoms with Crippen LogP contribution < -0.4 is 15.0 Å². The van der Waals surface area contributed by atoms with Gasteiger partial charge in [0.2, 0.25) is 5.91 Å². The lowest BCUT2D eigenvalue weighted by molar-refractivity contribution is -0.143. The van der Waals surface area contributed by atoms with Crippen LogP contribution in [-0.2, 0) is 9.59 Å². The molecular weight excluding hydrogens is 272 g/mol. The number of carbonyl (C=O) groups is 2. The van der Waals surface area contributed by atoms with Gasteiger partial charge in [0.15, 0.2) is 0 Å². The zero-order valence-corrected chi connectivity index (χ0v) is 11.7. The Kier molecular flexibility index (Phi) is 3.55. The quantitative estimate of drug-likeness (QED) is 0.846. The minimum absolute atomic E-state index is 0.0215. The summed E-state index contributed by atoms with van der Waals surface area (Å²) in [7, 11) is 0. The zero-order chi connectivity index (χ0) is 14.9. The first-order chi connectivity index (χ1) is 10.1. The molecule has 1 amide bonds. The third-order valence-electron chi connectivity index (χ3n) is 3.92. The lowest BCUT2D eigenvalue weighted by Gasteiger charge is -2.41. The Morgan fingerprint density at radius 2 is 2.05 bits per heavy atom. The Morgan fingerprint density at radius 3 is 2.52 bits per heavy atom. The number of hydrogen-bond acceptors (Lipinski definition) is 4. The smallest absolute Gasteiger partial charge is 0.307 e. The van der Waals surface area contributed by atoms with Gasteiger partial charge in [-0.25, -0.2) is 0 Å². The highest BCUT2D eigenvalue weighted by molar-refractivity contribution is 5.95. The summed E-state index contributed by atoms with van der Waals surface area (Å²) < 4.78 is 5.85. The van der Waals surface area contributed by atoms with E-state index in [9.17, 15) is 9.59 Å². The largest absolute Gasteiger partial charge is 0.484 e. The standard InChI is InChI=1S/C15H18N2O4/c18-13-2-1-7-17(13)11-3-5-12(6-4-11)21-15(8-14(19)20)9-16-10-15/h3-6,16H,1-2,7-10H2,(H,19,20). The Bertz CT molecular complexity index is 551. The summed E-state index contributed by atoms with van der Waals surface area (Å²) in [6.45, 7) is 1.82. The number of amides is 1. The number of aliphatic carboxylic acids is 1. The van der Waals surface area contributed by atoms with Crippen LogP contribution in [0.4, 0.5) is 5.69 Å². The fraction of sp³-hybridized carbons (Fsp3) is 0.467. The maximum Gasteiger partial charge on any atom is 0.307 e. The molecule has 21 heavy (non-hydrogen) atoms. The molecule has 2 fully saturated rings. The number of nitrogens with one attached hydrogen (secondary N) is 1. The molecule has 2 aliphatic heterocycles. The molecule has 0 aromatic heterocycles. The van der Waals surface area contributed by atoms with Crippen molar-refractivity contribution in [3.05, 3.63) is 24.3 Å². The van der Waals surface area contributed by atoms with Crippen LogP contribution in [0.25, 0.3) is 0 Å².